The van der Waals surface area contributed by atoms with Gasteiger partial charge in [0, 0.05) is 28.5 Å². The Kier molecular flexibility index (Phi) is 5.33. The van der Waals surface area contributed by atoms with Crippen LogP contribution in [0.5, 0.6) is 0 Å². The van der Waals surface area contributed by atoms with E-state index in [9.17, 15) is 13.2 Å². The first-order valence-electron chi connectivity index (χ1n) is 9.18. The van der Waals surface area contributed by atoms with Crippen molar-refractivity contribution in [2.75, 3.05) is 10.0 Å². The topological polar surface area (TPSA) is 101 Å². The summed E-state index contributed by atoms with van der Waals surface area (Å²) < 4.78 is 26.4. The molecule has 0 unspecified atom stereocenters. The molecule has 7 nitrogen and oxygen atoms in total. The summed E-state index contributed by atoms with van der Waals surface area (Å²) in [6.07, 6.45) is 3.27. The van der Waals surface area contributed by atoms with Gasteiger partial charge in [-0.05, 0) is 43.5 Å². The quantitative estimate of drug-likeness (QED) is 0.599. The molecule has 2 heterocycles. The number of sulfonamides is 1. The van der Waals surface area contributed by atoms with E-state index in [0.717, 1.165) is 16.8 Å². The molecule has 150 valence electrons. The van der Waals surface area contributed by atoms with Crippen molar-refractivity contribution >= 4 is 38.1 Å². The maximum Gasteiger partial charge on any atom is 0.237 e. The van der Waals surface area contributed by atoms with E-state index in [1.165, 1.54) is 11.3 Å². The van der Waals surface area contributed by atoms with Gasteiger partial charge in [0.15, 0.2) is 5.13 Å². The molecule has 0 aliphatic heterocycles. The highest BCUT2D eigenvalue weighted by Gasteiger charge is 2.36. The van der Waals surface area contributed by atoms with Gasteiger partial charge in [0.25, 0.3) is 0 Å². The van der Waals surface area contributed by atoms with Crippen molar-refractivity contribution in [3.05, 3.63) is 59.4 Å². The highest BCUT2D eigenvalue weighted by Crippen LogP contribution is 2.30. The number of hydrogen-bond donors (Lipinski definition) is 2. The number of carbonyl (C=O) groups excluding carboxylic acids is 1. The Morgan fingerprint density at radius 1 is 1.14 bits per heavy atom. The molecule has 0 spiro atoms. The molecule has 0 atom stereocenters. The van der Waals surface area contributed by atoms with Crippen molar-refractivity contribution in [1.82, 2.24) is 9.97 Å². The van der Waals surface area contributed by atoms with Crippen LogP contribution in [0.25, 0.3) is 11.1 Å². The van der Waals surface area contributed by atoms with Gasteiger partial charge in [-0.2, -0.15) is 0 Å². The Morgan fingerprint density at radius 3 is 2.52 bits per heavy atom. The largest absolute Gasteiger partial charge is 0.326 e. The van der Waals surface area contributed by atoms with Gasteiger partial charge in [-0.3, -0.25) is 14.5 Å². The molecular formula is C20H20N4O3S2. The molecule has 29 heavy (non-hydrogen) atoms. The lowest BCUT2D eigenvalue weighted by Gasteiger charge is -2.06. The molecule has 0 bridgehead atoms. The molecule has 1 aliphatic rings. The third-order valence-corrected chi connectivity index (χ3v) is 7.26. The van der Waals surface area contributed by atoms with Gasteiger partial charge in [0.2, 0.25) is 15.9 Å². The second-order valence-corrected chi connectivity index (χ2v) is 9.80. The Morgan fingerprint density at radius 2 is 1.86 bits per heavy atom. The highest BCUT2D eigenvalue weighted by molar-refractivity contribution is 7.93. The molecule has 4 rings (SSSR count). The van der Waals surface area contributed by atoms with Crippen molar-refractivity contribution in [2.24, 2.45) is 0 Å². The molecular weight excluding hydrogens is 408 g/mol. The Balaban J connectivity index is 1.34. The van der Waals surface area contributed by atoms with Crippen LogP contribution >= 0.6 is 11.3 Å². The van der Waals surface area contributed by atoms with Crippen LogP contribution in [0.1, 0.15) is 24.2 Å². The number of nitrogens with zero attached hydrogens (tertiary/aromatic N) is 2. The van der Waals surface area contributed by atoms with E-state index in [1.54, 1.807) is 5.38 Å². The van der Waals surface area contributed by atoms with Gasteiger partial charge >= 0.3 is 0 Å². The third kappa shape index (κ3) is 4.99. The summed E-state index contributed by atoms with van der Waals surface area (Å²) in [6, 6.07) is 11.5. The first kappa shape index (κ1) is 19.5. The molecule has 1 aliphatic carbocycles. The molecule has 9 heteroatoms. The van der Waals surface area contributed by atoms with E-state index in [2.05, 4.69) is 20.0 Å². The average molecular weight is 429 g/mol. The zero-order valence-corrected chi connectivity index (χ0v) is 17.4. The zero-order valence-electron chi connectivity index (χ0n) is 15.8. The predicted octanol–water partition coefficient (Wildman–Crippen LogP) is 3.60. The fourth-order valence-corrected chi connectivity index (χ4v) is 5.08. The van der Waals surface area contributed by atoms with E-state index in [4.69, 9.17) is 0 Å². The minimum Gasteiger partial charge on any atom is -0.326 e. The summed E-state index contributed by atoms with van der Waals surface area (Å²) in [5, 5.41) is 4.52. The van der Waals surface area contributed by atoms with Crippen LogP contribution in [0, 0.1) is 6.92 Å². The number of anilines is 2. The first-order chi connectivity index (χ1) is 13.9. The van der Waals surface area contributed by atoms with E-state index >= 15 is 0 Å². The Labute approximate surface area is 173 Å². The molecule has 2 N–H and O–H groups in total. The Bertz CT molecular complexity index is 1120. The number of nitrogens with one attached hydrogen (secondary N) is 2. The van der Waals surface area contributed by atoms with Crippen LogP contribution < -0.4 is 10.0 Å². The molecule has 0 saturated heterocycles. The third-order valence-electron chi connectivity index (χ3n) is 4.50. The fraction of sp³-hybridized carbons (Fsp3) is 0.250. The second-order valence-electron chi connectivity index (χ2n) is 6.98. The van der Waals surface area contributed by atoms with E-state index < -0.39 is 10.0 Å². The predicted molar refractivity (Wildman–Crippen MR) is 114 cm³/mol. The number of pyridine rings is 1. The number of hydrogen-bond acceptors (Lipinski definition) is 6. The lowest BCUT2D eigenvalue weighted by Crippen LogP contribution is -2.17. The summed E-state index contributed by atoms with van der Waals surface area (Å²) in [5.41, 5.74) is 4.20. The van der Waals surface area contributed by atoms with Crippen LogP contribution in [-0.2, 0) is 21.2 Å². The first-order valence-corrected chi connectivity index (χ1v) is 11.6. The summed E-state index contributed by atoms with van der Waals surface area (Å²) in [7, 11) is -3.34. The van der Waals surface area contributed by atoms with Crippen molar-refractivity contribution in [3.8, 4) is 11.1 Å². The smallest absolute Gasteiger partial charge is 0.237 e. The molecule has 1 saturated carbocycles. The van der Waals surface area contributed by atoms with Crippen molar-refractivity contribution in [2.45, 2.75) is 31.4 Å². The standard InChI is InChI=1S/C20H20N4O3S2/c1-13-2-3-15(11-21-13)14-4-6-16(7-5-14)22-19(25)10-17-12-28-20(23-17)24-29(26,27)18-8-9-18/h2-7,11-12,18H,8-10H2,1H3,(H,22,25)(H,23,24). The summed E-state index contributed by atoms with van der Waals surface area (Å²) >= 11 is 1.18. The van der Waals surface area contributed by atoms with Crippen LogP contribution in [0.4, 0.5) is 10.8 Å². The maximum absolute atomic E-state index is 12.3. The van der Waals surface area contributed by atoms with Crippen LogP contribution in [0.2, 0.25) is 0 Å². The maximum atomic E-state index is 12.3. The van der Waals surface area contributed by atoms with Crippen LogP contribution in [0.3, 0.4) is 0 Å². The average Bonchev–Trinajstić information content (AvgIpc) is 3.46. The van der Waals surface area contributed by atoms with Crippen LogP contribution in [-0.4, -0.2) is 29.5 Å². The van der Waals surface area contributed by atoms with Gasteiger partial charge in [-0.25, -0.2) is 13.4 Å². The number of aromatic nitrogens is 2. The van der Waals surface area contributed by atoms with E-state index in [-0.39, 0.29) is 17.6 Å². The zero-order chi connectivity index (χ0) is 20.4. The van der Waals surface area contributed by atoms with Gasteiger partial charge in [0.05, 0.1) is 17.4 Å². The summed E-state index contributed by atoms with van der Waals surface area (Å²) in [5.74, 6) is -0.211. The highest BCUT2D eigenvalue weighted by atomic mass is 32.2. The van der Waals surface area contributed by atoms with E-state index in [1.807, 2.05) is 49.5 Å². The lowest BCUT2D eigenvalue weighted by molar-refractivity contribution is -0.115. The minimum atomic E-state index is -3.34. The number of rotatable bonds is 7. The number of benzene rings is 1. The molecule has 0 radical (unpaired) electrons. The molecule has 1 amide bonds. The molecule has 2 aromatic heterocycles. The number of thiazole rings is 1. The summed E-state index contributed by atoms with van der Waals surface area (Å²) in [4.78, 5) is 20.8. The molecule has 1 fully saturated rings. The number of aryl methyl sites for hydroxylation is 1. The second kappa shape index (κ2) is 7.92. The van der Waals surface area contributed by atoms with Gasteiger partial charge in [-0.1, -0.05) is 18.2 Å². The number of amides is 1. The lowest BCUT2D eigenvalue weighted by atomic mass is 10.1. The van der Waals surface area contributed by atoms with Gasteiger partial charge in [0.1, 0.15) is 0 Å². The van der Waals surface area contributed by atoms with Crippen molar-refractivity contribution in [3.63, 3.8) is 0 Å². The van der Waals surface area contributed by atoms with Crippen LogP contribution in [0.15, 0.2) is 48.0 Å². The number of carbonyl (C=O) groups is 1. The SMILES string of the molecule is Cc1ccc(-c2ccc(NC(=O)Cc3csc(NS(=O)(=O)C4CC4)n3)cc2)cn1. The minimum absolute atomic E-state index is 0.0747. The van der Waals surface area contributed by atoms with Gasteiger partial charge < -0.3 is 5.32 Å². The monoisotopic (exact) mass is 428 g/mol. The molecule has 3 aromatic rings. The fourth-order valence-electron chi connectivity index (χ4n) is 2.77. The van der Waals surface area contributed by atoms with E-state index in [0.29, 0.717) is 29.4 Å². The van der Waals surface area contributed by atoms with Crippen molar-refractivity contribution < 1.29 is 13.2 Å². The normalized spacial score (nSPS) is 13.8. The van der Waals surface area contributed by atoms with Crippen molar-refractivity contribution in [1.29, 1.82) is 0 Å². The summed E-state index contributed by atoms with van der Waals surface area (Å²) in [6.45, 7) is 1.94. The molecule has 1 aromatic carbocycles. The Hall–Kier alpha value is -2.78. The van der Waals surface area contributed by atoms with Gasteiger partial charge in [-0.15, -0.1) is 11.3 Å².